The molecule has 25 heavy (non-hydrogen) atoms. The van der Waals surface area contributed by atoms with E-state index in [1.165, 1.54) is 20.3 Å². The van der Waals surface area contributed by atoms with Gasteiger partial charge in [0.1, 0.15) is 17.2 Å². The highest BCUT2D eigenvalue weighted by molar-refractivity contribution is 6.04. The molecule has 1 N–H and O–H groups in total. The Morgan fingerprint density at radius 3 is 2.20 bits per heavy atom. The number of para-hydroxylation sites is 1. The van der Waals surface area contributed by atoms with Crippen LogP contribution in [0.5, 0.6) is 11.5 Å². The van der Waals surface area contributed by atoms with Crippen LogP contribution in [0.3, 0.4) is 0 Å². The van der Waals surface area contributed by atoms with Gasteiger partial charge in [-0.05, 0) is 35.9 Å². The Labute approximate surface area is 146 Å². The zero-order chi connectivity index (χ0) is 18.2. The Balaban J connectivity index is 2.29. The molecule has 6 nitrogen and oxygen atoms in total. The Morgan fingerprint density at radius 1 is 0.920 bits per heavy atom. The standard InChI is InChI=1S/C19H19NO5/c1-23-14-10-8-13(9-11-14)12-16(19(22)25-3)20-18(21)15-6-4-5-7-17(15)24-2/h4-12H,1-3H3,(H,20,21). The van der Waals surface area contributed by atoms with E-state index in [9.17, 15) is 9.59 Å². The minimum Gasteiger partial charge on any atom is -0.497 e. The molecule has 0 radical (unpaired) electrons. The molecule has 0 aromatic heterocycles. The minimum atomic E-state index is -0.654. The van der Waals surface area contributed by atoms with Crippen molar-refractivity contribution in [3.63, 3.8) is 0 Å². The molecular formula is C19H19NO5. The van der Waals surface area contributed by atoms with E-state index in [-0.39, 0.29) is 5.70 Å². The number of amides is 1. The highest BCUT2D eigenvalue weighted by atomic mass is 16.5. The molecule has 0 bridgehead atoms. The quantitative estimate of drug-likeness (QED) is 0.646. The first-order valence-electron chi connectivity index (χ1n) is 7.47. The molecule has 0 atom stereocenters. The second kappa shape index (κ2) is 8.54. The predicted octanol–water partition coefficient (Wildman–Crippen LogP) is 2.65. The molecule has 0 fully saturated rings. The van der Waals surface area contributed by atoms with Gasteiger partial charge >= 0.3 is 5.97 Å². The highest BCUT2D eigenvalue weighted by Gasteiger charge is 2.17. The van der Waals surface area contributed by atoms with E-state index in [1.807, 2.05) is 0 Å². The number of carbonyl (C=O) groups excluding carboxylic acids is 2. The van der Waals surface area contributed by atoms with Crippen molar-refractivity contribution >= 4 is 18.0 Å². The van der Waals surface area contributed by atoms with Crippen molar-refractivity contribution in [1.82, 2.24) is 5.32 Å². The van der Waals surface area contributed by atoms with Crippen LogP contribution in [0.15, 0.2) is 54.2 Å². The molecule has 2 aromatic carbocycles. The second-order valence-electron chi connectivity index (χ2n) is 4.98. The fourth-order valence-electron chi connectivity index (χ4n) is 2.14. The summed E-state index contributed by atoms with van der Waals surface area (Å²) < 4.78 is 15.0. The maximum atomic E-state index is 12.5. The van der Waals surface area contributed by atoms with E-state index in [1.54, 1.807) is 55.6 Å². The van der Waals surface area contributed by atoms with Gasteiger partial charge in [-0.25, -0.2) is 4.79 Å². The Hall–Kier alpha value is -3.28. The molecule has 1 amide bonds. The van der Waals surface area contributed by atoms with E-state index in [0.29, 0.717) is 22.6 Å². The zero-order valence-electron chi connectivity index (χ0n) is 14.2. The summed E-state index contributed by atoms with van der Waals surface area (Å²) in [6.07, 6.45) is 1.53. The van der Waals surface area contributed by atoms with Crippen molar-refractivity contribution in [2.75, 3.05) is 21.3 Å². The van der Waals surface area contributed by atoms with Crippen LogP contribution < -0.4 is 14.8 Å². The molecular weight excluding hydrogens is 322 g/mol. The Kier molecular flexibility index (Phi) is 6.17. The van der Waals surface area contributed by atoms with Crippen LogP contribution in [0.1, 0.15) is 15.9 Å². The maximum Gasteiger partial charge on any atom is 0.354 e. The van der Waals surface area contributed by atoms with Crippen LogP contribution in [0, 0.1) is 0 Å². The minimum absolute atomic E-state index is 0.0172. The smallest absolute Gasteiger partial charge is 0.354 e. The SMILES string of the molecule is COC(=O)C(=Cc1ccc(OC)cc1)NC(=O)c1ccccc1OC. The molecule has 0 saturated carbocycles. The number of methoxy groups -OCH3 is 3. The van der Waals surface area contributed by atoms with Crippen LogP contribution in [0.25, 0.3) is 6.08 Å². The number of hydrogen-bond donors (Lipinski definition) is 1. The van der Waals surface area contributed by atoms with Gasteiger partial charge in [0.25, 0.3) is 5.91 Å². The zero-order valence-corrected chi connectivity index (χ0v) is 14.2. The lowest BCUT2D eigenvalue weighted by molar-refractivity contribution is -0.136. The van der Waals surface area contributed by atoms with E-state index in [0.717, 1.165) is 0 Å². The van der Waals surface area contributed by atoms with Gasteiger partial charge in [0.05, 0.1) is 26.9 Å². The molecule has 2 aromatic rings. The molecule has 2 rings (SSSR count). The van der Waals surface area contributed by atoms with Crippen molar-refractivity contribution in [3.8, 4) is 11.5 Å². The third-order valence-electron chi connectivity index (χ3n) is 3.43. The van der Waals surface area contributed by atoms with Gasteiger partial charge in [0.2, 0.25) is 0 Å². The van der Waals surface area contributed by atoms with Crippen LogP contribution >= 0.6 is 0 Å². The molecule has 0 aliphatic heterocycles. The normalized spacial score (nSPS) is 10.8. The van der Waals surface area contributed by atoms with Crippen LogP contribution in [-0.2, 0) is 9.53 Å². The first-order chi connectivity index (χ1) is 12.1. The summed E-state index contributed by atoms with van der Waals surface area (Å²) in [4.78, 5) is 24.5. The van der Waals surface area contributed by atoms with Gasteiger partial charge < -0.3 is 19.5 Å². The van der Waals surface area contributed by atoms with Gasteiger partial charge in [-0.15, -0.1) is 0 Å². The molecule has 0 unspecified atom stereocenters. The van der Waals surface area contributed by atoms with Crippen molar-refractivity contribution in [1.29, 1.82) is 0 Å². The molecule has 0 aliphatic rings. The molecule has 130 valence electrons. The third kappa shape index (κ3) is 4.60. The van der Waals surface area contributed by atoms with Crippen molar-refractivity contribution < 1.29 is 23.8 Å². The summed E-state index contributed by atoms with van der Waals surface area (Å²) in [5.41, 5.74) is 1.04. The average molecular weight is 341 g/mol. The number of carbonyl (C=O) groups is 2. The molecule has 0 heterocycles. The van der Waals surface area contributed by atoms with Gasteiger partial charge in [0.15, 0.2) is 0 Å². The molecule has 6 heteroatoms. The Bertz CT molecular complexity index is 781. The monoisotopic (exact) mass is 341 g/mol. The van der Waals surface area contributed by atoms with Gasteiger partial charge in [-0.2, -0.15) is 0 Å². The molecule has 0 saturated heterocycles. The van der Waals surface area contributed by atoms with Crippen LogP contribution in [0.2, 0.25) is 0 Å². The van der Waals surface area contributed by atoms with Gasteiger partial charge in [-0.3, -0.25) is 4.79 Å². The number of nitrogens with one attached hydrogen (secondary N) is 1. The third-order valence-corrected chi connectivity index (χ3v) is 3.43. The summed E-state index contributed by atoms with van der Waals surface area (Å²) in [5, 5.41) is 2.57. The number of rotatable bonds is 6. The number of benzene rings is 2. The molecule has 0 spiro atoms. The van der Waals surface area contributed by atoms with Crippen molar-refractivity contribution in [2.24, 2.45) is 0 Å². The topological polar surface area (TPSA) is 73.9 Å². The van der Waals surface area contributed by atoms with E-state index in [2.05, 4.69) is 5.32 Å². The lowest BCUT2D eigenvalue weighted by Gasteiger charge is -2.11. The second-order valence-corrected chi connectivity index (χ2v) is 4.98. The fraction of sp³-hybridized carbons (Fsp3) is 0.158. The van der Waals surface area contributed by atoms with Gasteiger partial charge in [-0.1, -0.05) is 24.3 Å². The van der Waals surface area contributed by atoms with E-state index < -0.39 is 11.9 Å². The first-order valence-corrected chi connectivity index (χ1v) is 7.47. The lowest BCUT2D eigenvalue weighted by Crippen LogP contribution is -2.28. The fourth-order valence-corrected chi connectivity index (χ4v) is 2.14. The van der Waals surface area contributed by atoms with Crippen LogP contribution in [-0.4, -0.2) is 33.2 Å². The van der Waals surface area contributed by atoms with Gasteiger partial charge in [0, 0.05) is 0 Å². The maximum absolute atomic E-state index is 12.5. The number of ether oxygens (including phenoxy) is 3. The lowest BCUT2D eigenvalue weighted by atomic mass is 10.1. The summed E-state index contributed by atoms with van der Waals surface area (Å²) in [6, 6.07) is 13.8. The first kappa shape index (κ1) is 18.1. The number of esters is 1. The summed E-state index contributed by atoms with van der Waals surface area (Å²) in [5.74, 6) is -0.0230. The largest absolute Gasteiger partial charge is 0.497 e. The average Bonchev–Trinajstić information content (AvgIpc) is 2.67. The highest BCUT2D eigenvalue weighted by Crippen LogP contribution is 2.18. The molecule has 0 aliphatic carbocycles. The Morgan fingerprint density at radius 2 is 1.60 bits per heavy atom. The predicted molar refractivity (Wildman–Crippen MR) is 93.4 cm³/mol. The summed E-state index contributed by atoms with van der Waals surface area (Å²) >= 11 is 0. The van der Waals surface area contributed by atoms with E-state index >= 15 is 0 Å². The summed E-state index contributed by atoms with van der Waals surface area (Å²) in [6.45, 7) is 0. The van der Waals surface area contributed by atoms with E-state index in [4.69, 9.17) is 14.2 Å². The van der Waals surface area contributed by atoms with Crippen molar-refractivity contribution in [3.05, 3.63) is 65.4 Å². The van der Waals surface area contributed by atoms with Crippen LogP contribution in [0.4, 0.5) is 0 Å². The van der Waals surface area contributed by atoms with Crippen molar-refractivity contribution in [2.45, 2.75) is 0 Å². The number of hydrogen-bond acceptors (Lipinski definition) is 5. The summed E-state index contributed by atoms with van der Waals surface area (Å²) in [7, 11) is 4.29.